The lowest BCUT2D eigenvalue weighted by molar-refractivity contribution is 0.176. The molecule has 1 aromatic rings. The maximum absolute atomic E-state index is 6.36. The van der Waals surface area contributed by atoms with Gasteiger partial charge in [0.05, 0.1) is 0 Å². The van der Waals surface area contributed by atoms with E-state index in [2.05, 4.69) is 51.2 Å². The third kappa shape index (κ3) is 4.47. The highest BCUT2D eigenvalue weighted by Gasteiger charge is 2.30. The Kier molecular flexibility index (Phi) is 6.13. The molecule has 21 heavy (non-hydrogen) atoms. The van der Waals surface area contributed by atoms with Crippen LogP contribution in [0.5, 0.6) is 0 Å². The van der Waals surface area contributed by atoms with Crippen molar-refractivity contribution in [3.8, 4) is 0 Å². The fourth-order valence-corrected chi connectivity index (χ4v) is 4.13. The molecule has 1 aliphatic rings. The third-order valence-corrected chi connectivity index (χ3v) is 5.26. The van der Waals surface area contributed by atoms with Crippen molar-refractivity contribution < 1.29 is 0 Å². The quantitative estimate of drug-likeness (QED) is 0.729. The van der Waals surface area contributed by atoms with Crippen LogP contribution in [-0.2, 0) is 0 Å². The summed E-state index contributed by atoms with van der Waals surface area (Å²) < 4.78 is 0. The summed E-state index contributed by atoms with van der Waals surface area (Å²) in [4.78, 5) is 0. The molecule has 0 spiro atoms. The molecule has 0 heterocycles. The normalized spacial score (nSPS) is 27.6. The van der Waals surface area contributed by atoms with Crippen LogP contribution in [0.4, 0.5) is 0 Å². The highest BCUT2D eigenvalue weighted by atomic mass is 35.5. The summed E-state index contributed by atoms with van der Waals surface area (Å²) in [6, 6.07) is 7.05. The molecule has 1 aliphatic carbocycles. The van der Waals surface area contributed by atoms with Gasteiger partial charge in [-0.25, -0.2) is 0 Å². The fraction of sp³-hybridized carbons (Fsp3) is 0.684. The molecule has 1 nitrogen and oxygen atoms in total. The Morgan fingerprint density at radius 2 is 1.86 bits per heavy atom. The Balaban J connectivity index is 2.22. The standard InChI is InChI=1S/C19H30ClN/c1-5-8-21-19(16-7-6-15(4)18(20)12-16)17-10-13(2)9-14(3)11-17/h6-7,12-14,17,19,21H,5,8-11H2,1-4H3. The zero-order valence-corrected chi connectivity index (χ0v) is 14.7. The Morgan fingerprint density at radius 1 is 1.19 bits per heavy atom. The predicted molar refractivity (Wildman–Crippen MR) is 92.9 cm³/mol. The number of rotatable bonds is 5. The SMILES string of the molecule is CCCNC(c1ccc(C)c(Cl)c1)C1CC(C)CC(C)C1. The molecule has 3 atom stereocenters. The highest BCUT2D eigenvalue weighted by Crippen LogP contribution is 2.40. The summed E-state index contributed by atoms with van der Waals surface area (Å²) in [6.45, 7) is 10.2. The van der Waals surface area contributed by atoms with Gasteiger partial charge in [-0.3, -0.25) is 0 Å². The van der Waals surface area contributed by atoms with E-state index in [-0.39, 0.29) is 0 Å². The molecule has 118 valence electrons. The Bertz CT molecular complexity index is 447. The predicted octanol–water partition coefficient (Wildman–Crippen LogP) is 5.76. The average Bonchev–Trinajstić information content (AvgIpc) is 2.42. The Hall–Kier alpha value is -0.530. The van der Waals surface area contributed by atoms with Gasteiger partial charge in [0, 0.05) is 11.1 Å². The van der Waals surface area contributed by atoms with Crippen LogP contribution in [0.3, 0.4) is 0 Å². The summed E-state index contributed by atoms with van der Waals surface area (Å²) in [5, 5.41) is 4.68. The van der Waals surface area contributed by atoms with Gasteiger partial charge in [0.25, 0.3) is 0 Å². The smallest absolute Gasteiger partial charge is 0.0438 e. The van der Waals surface area contributed by atoms with Crippen LogP contribution in [0.1, 0.15) is 63.6 Å². The summed E-state index contributed by atoms with van der Waals surface area (Å²) in [7, 11) is 0. The van der Waals surface area contributed by atoms with Gasteiger partial charge in [0.1, 0.15) is 0 Å². The molecule has 1 N–H and O–H groups in total. The van der Waals surface area contributed by atoms with Gasteiger partial charge in [-0.15, -0.1) is 0 Å². The van der Waals surface area contributed by atoms with Gasteiger partial charge in [-0.05, 0) is 74.1 Å². The minimum Gasteiger partial charge on any atom is -0.310 e. The van der Waals surface area contributed by atoms with Gasteiger partial charge >= 0.3 is 0 Å². The second-order valence-electron chi connectivity index (χ2n) is 7.12. The Labute approximate surface area is 135 Å². The van der Waals surface area contributed by atoms with E-state index >= 15 is 0 Å². The zero-order valence-electron chi connectivity index (χ0n) is 14.0. The zero-order chi connectivity index (χ0) is 15.4. The minimum absolute atomic E-state index is 0.452. The second kappa shape index (κ2) is 7.65. The maximum atomic E-state index is 6.36. The van der Waals surface area contributed by atoms with E-state index in [1.54, 1.807) is 0 Å². The van der Waals surface area contributed by atoms with Crippen LogP contribution < -0.4 is 5.32 Å². The minimum atomic E-state index is 0.452. The second-order valence-corrected chi connectivity index (χ2v) is 7.53. The van der Waals surface area contributed by atoms with Crippen LogP contribution in [0.15, 0.2) is 18.2 Å². The van der Waals surface area contributed by atoms with Crippen molar-refractivity contribution in [1.29, 1.82) is 0 Å². The van der Waals surface area contributed by atoms with Gasteiger partial charge < -0.3 is 5.32 Å². The molecule has 0 bridgehead atoms. The van der Waals surface area contributed by atoms with Crippen molar-refractivity contribution in [1.82, 2.24) is 5.32 Å². The molecule has 0 radical (unpaired) electrons. The number of nitrogens with one attached hydrogen (secondary N) is 1. The molecule has 0 saturated heterocycles. The number of aryl methyl sites for hydroxylation is 1. The van der Waals surface area contributed by atoms with Crippen molar-refractivity contribution in [3.05, 3.63) is 34.3 Å². The molecule has 2 heteroatoms. The molecule has 0 aliphatic heterocycles. The lowest BCUT2D eigenvalue weighted by Crippen LogP contribution is -2.33. The summed E-state index contributed by atoms with van der Waals surface area (Å²) in [5.74, 6) is 2.41. The highest BCUT2D eigenvalue weighted by molar-refractivity contribution is 6.31. The summed E-state index contributed by atoms with van der Waals surface area (Å²) >= 11 is 6.36. The summed E-state index contributed by atoms with van der Waals surface area (Å²) in [5.41, 5.74) is 2.53. The molecular formula is C19H30ClN. The number of hydrogen-bond acceptors (Lipinski definition) is 1. The maximum Gasteiger partial charge on any atom is 0.0438 e. The van der Waals surface area contributed by atoms with E-state index in [4.69, 9.17) is 11.6 Å². The monoisotopic (exact) mass is 307 g/mol. The fourth-order valence-electron chi connectivity index (χ4n) is 3.94. The molecule has 0 amide bonds. The van der Waals surface area contributed by atoms with E-state index in [1.807, 2.05) is 0 Å². The van der Waals surface area contributed by atoms with Crippen LogP contribution >= 0.6 is 11.6 Å². The molecule has 3 unspecified atom stereocenters. The van der Waals surface area contributed by atoms with Crippen LogP contribution in [0, 0.1) is 24.7 Å². The van der Waals surface area contributed by atoms with Crippen molar-refractivity contribution in [2.45, 2.75) is 59.4 Å². The lowest BCUT2D eigenvalue weighted by Gasteiger charge is -2.37. The molecule has 1 aromatic carbocycles. The first-order valence-electron chi connectivity index (χ1n) is 8.50. The molecule has 0 aromatic heterocycles. The molecule has 1 saturated carbocycles. The largest absolute Gasteiger partial charge is 0.310 e. The van der Waals surface area contributed by atoms with Crippen LogP contribution in [0.25, 0.3) is 0 Å². The van der Waals surface area contributed by atoms with Gasteiger partial charge in [-0.1, -0.05) is 44.5 Å². The molecular weight excluding hydrogens is 278 g/mol. The van der Waals surface area contributed by atoms with E-state index < -0.39 is 0 Å². The average molecular weight is 308 g/mol. The van der Waals surface area contributed by atoms with Crippen LogP contribution in [-0.4, -0.2) is 6.54 Å². The van der Waals surface area contributed by atoms with E-state index in [1.165, 1.54) is 36.8 Å². The number of halogens is 1. The van der Waals surface area contributed by atoms with Crippen molar-refractivity contribution in [2.24, 2.45) is 17.8 Å². The topological polar surface area (TPSA) is 12.0 Å². The third-order valence-electron chi connectivity index (χ3n) is 4.86. The van der Waals surface area contributed by atoms with Crippen molar-refractivity contribution in [3.63, 3.8) is 0 Å². The molecule has 1 fully saturated rings. The first-order valence-corrected chi connectivity index (χ1v) is 8.88. The van der Waals surface area contributed by atoms with E-state index in [0.29, 0.717) is 6.04 Å². The van der Waals surface area contributed by atoms with Gasteiger partial charge in [-0.2, -0.15) is 0 Å². The first-order chi connectivity index (χ1) is 10.0. The molecule has 2 rings (SSSR count). The van der Waals surface area contributed by atoms with E-state index in [9.17, 15) is 0 Å². The van der Waals surface area contributed by atoms with Crippen LogP contribution in [0.2, 0.25) is 5.02 Å². The first kappa shape index (κ1) is 16.8. The summed E-state index contributed by atoms with van der Waals surface area (Å²) in [6.07, 6.45) is 5.22. The van der Waals surface area contributed by atoms with Gasteiger partial charge in [0.2, 0.25) is 0 Å². The van der Waals surface area contributed by atoms with E-state index in [0.717, 1.165) is 29.3 Å². The van der Waals surface area contributed by atoms with Crippen molar-refractivity contribution in [2.75, 3.05) is 6.54 Å². The van der Waals surface area contributed by atoms with Crippen molar-refractivity contribution >= 4 is 11.6 Å². The Morgan fingerprint density at radius 3 is 2.43 bits per heavy atom. The number of benzene rings is 1. The number of hydrogen-bond donors (Lipinski definition) is 1. The van der Waals surface area contributed by atoms with Gasteiger partial charge in [0.15, 0.2) is 0 Å². The lowest BCUT2D eigenvalue weighted by atomic mass is 9.72.